The number of nitrogens with one attached hydrogen (secondary N) is 1. The van der Waals surface area contributed by atoms with E-state index >= 15 is 0 Å². The van der Waals surface area contributed by atoms with Crippen LogP contribution in [0.5, 0.6) is 0 Å². The Balaban J connectivity index is 1.27. The third-order valence-electron chi connectivity index (χ3n) is 7.04. The molecule has 2 aliphatic rings. The van der Waals surface area contributed by atoms with Crippen molar-refractivity contribution in [2.24, 2.45) is 5.92 Å². The van der Waals surface area contributed by atoms with Crippen LogP contribution < -0.4 is 0 Å². The van der Waals surface area contributed by atoms with Gasteiger partial charge in [-0.25, -0.2) is 9.37 Å². The summed E-state index contributed by atoms with van der Waals surface area (Å²) in [6.45, 7) is 5.72. The Hall–Kier alpha value is -2.99. The summed E-state index contributed by atoms with van der Waals surface area (Å²) in [5.74, 6) is 0.344. The van der Waals surface area contributed by atoms with E-state index in [0.29, 0.717) is 23.1 Å². The van der Waals surface area contributed by atoms with Gasteiger partial charge < -0.3 is 9.88 Å². The summed E-state index contributed by atoms with van der Waals surface area (Å²) >= 11 is 0. The largest absolute Gasteiger partial charge is 0.348 e. The molecule has 32 heavy (non-hydrogen) atoms. The molecule has 1 aromatic heterocycles. The zero-order valence-corrected chi connectivity index (χ0v) is 18.4. The van der Waals surface area contributed by atoms with Gasteiger partial charge in [0.15, 0.2) is 0 Å². The van der Waals surface area contributed by atoms with E-state index in [1.54, 1.807) is 18.5 Å². The van der Waals surface area contributed by atoms with E-state index < -0.39 is 0 Å². The van der Waals surface area contributed by atoms with Gasteiger partial charge in [0.05, 0.1) is 12.0 Å². The Morgan fingerprint density at radius 1 is 1.12 bits per heavy atom. The van der Waals surface area contributed by atoms with Gasteiger partial charge in [0, 0.05) is 49.0 Å². The predicted molar refractivity (Wildman–Crippen MR) is 123 cm³/mol. The highest BCUT2D eigenvalue weighted by atomic mass is 19.1. The zero-order valence-electron chi connectivity index (χ0n) is 18.4. The predicted octanol–water partition coefficient (Wildman–Crippen LogP) is 4.65. The second kappa shape index (κ2) is 8.87. The molecule has 2 aliphatic heterocycles. The molecular weight excluding hydrogens is 403 g/mol. The van der Waals surface area contributed by atoms with Gasteiger partial charge in [-0.15, -0.1) is 0 Å². The maximum atomic E-state index is 14.1. The van der Waals surface area contributed by atoms with Crippen LogP contribution in [0.15, 0.2) is 54.9 Å². The van der Waals surface area contributed by atoms with Gasteiger partial charge in [0.25, 0.3) is 5.91 Å². The van der Waals surface area contributed by atoms with Gasteiger partial charge in [0.2, 0.25) is 0 Å². The number of piperidine rings is 2. The number of aromatic amines is 1. The lowest BCUT2D eigenvalue weighted by molar-refractivity contribution is 0.0181. The van der Waals surface area contributed by atoms with Crippen LogP contribution in [0, 0.1) is 18.7 Å². The van der Waals surface area contributed by atoms with E-state index in [2.05, 4.69) is 26.7 Å². The Bertz CT molecular complexity index is 1090. The highest BCUT2D eigenvalue weighted by molar-refractivity contribution is 5.95. The first-order chi connectivity index (χ1) is 15.6. The van der Waals surface area contributed by atoms with Gasteiger partial charge in [-0.2, -0.15) is 0 Å². The van der Waals surface area contributed by atoms with Crippen LogP contribution in [-0.4, -0.2) is 51.4 Å². The number of hydrogen-bond acceptors (Lipinski definition) is 3. The first-order valence-electron chi connectivity index (χ1n) is 11.5. The molecule has 3 aromatic rings. The fourth-order valence-electron chi connectivity index (χ4n) is 5.29. The lowest BCUT2D eigenvalue weighted by Crippen LogP contribution is -2.55. The first-order valence-corrected chi connectivity index (χ1v) is 11.5. The van der Waals surface area contributed by atoms with E-state index in [-0.39, 0.29) is 11.7 Å². The normalized spacial score (nSPS) is 21.4. The number of carbonyl (C=O) groups excluding carboxylic acids is 1. The summed E-state index contributed by atoms with van der Waals surface area (Å²) in [5.41, 5.74) is 4.27. The Morgan fingerprint density at radius 3 is 2.69 bits per heavy atom. The van der Waals surface area contributed by atoms with Crippen molar-refractivity contribution in [1.82, 2.24) is 19.8 Å². The summed E-state index contributed by atoms with van der Waals surface area (Å²) in [7, 11) is 0. The number of nitrogens with zero attached hydrogens (tertiary/aromatic N) is 3. The number of amides is 1. The molecule has 0 unspecified atom stereocenters. The van der Waals surface area contributed by atoms with Crippen molar-refractivity contribution in [1.29, 1.82) is 0 Å². The third-order valence-corrected chi connectivity index (χ3v) is 7.04. The van der Waals surface area contributed by atoms with Crippen LogP contribution in [0.2, 0.25) is 0 Å². The topological polar surface area (TPSA) is 52.2 Å². The SMILES string of the molecule is Cc1[nH]cnc1CN1CC[C@@H]2[C@@H](CCCN2C(=O)c2ccc(-c3ccccc3F)cc2)C1. The molecule has 166 valence electrons. The molecule has 0 spiro atoms. The monoisotopic (exact) mass is 432 g/mol. The fraction of sp³-hybridized carbons (Fsp3) is 0.385. The molecule has 0 aliphatic carbocycles. The summed E-state index contributed by atoms with van der Waals surface area (Å²) < 4.78 is 14.1. The summed E-state index contributed by atoms with van der Waals surface area (Å²) in [4.78, 5) is 25.5. The van der Waals surface area contributed by atoms with Crippen molar-refractivity contribution in [3.8, 4) is 11.1 Å². The van der Waals surface area contributed by atoms with E-state index in [9.17, 15) is 9.18 Å². The molecule has 1 N–H and O–H groups in total. The van der Waals surface area contributed by atoms with E-state index in [0.717, 1.165) is 62.4 Å². The van der Waals surface area contributed by atoms with E-state index in [1.807, 2.05) is 30.3 Å². The summed E-state index contributed by atoms with van der Waals surface area (Å²) in [6, 6.07) is 14.4. The highest BCUT2D eigenvalue weighted by Gasteiger charge is 2.38. The average Bonchev–Trinajstić information content (AvgIpc) is 3.22. The van der Waals surface area contributed by atoms with Crippen LogP contribution in [0.25, 0.3) is 11.1 Å². The first kappa shape index (κ1) is 20.9. The fourth-order valence-corrected chi connectivity index (χ4v) is 5.29. The molecule has 0 saturated carbocycles. The number of hydrogen-bond donors (Lipinski definition) is 1. The number of likely N-dealkylation sites (tertiary alicyclic amines) is 2. The van der Waals surface area contributed by atoms with Gasteiger partial charge >= 0.3 is 0 Å². The molecule has 0 bridgehead atoms. The summed E-state index contributed by atoms with van der Waals surface area (Å²) in [6.07, 6.45) is 4.95. The Morgan fingerprint density at radius 2 is 1.94 bits per heavy atom. The highest BCUT2D eigenvalue weighted by Crippen LogP contribution is 2.32. The molecule has 0 radical (unpaired) electrons. The minimum absolute atomic E-state index is 0.0939. The Kier molecular flexibility index (Phi) is 5.79. The molecule has 2 atom stereocenters. The van der Waals surface area contributed by atoms with Crippen molar-refractivity contribution in [3.05, 3.63) is 77.6 Å². The lowest BCUT2D eigenvalue weighted by Gasteiger charge is -2.47. The molecule has 2 fully saturated rings. The number of carbonyl (C=O) groups is 1. The molecule has 6 heteroatoms. The van der Waals surface area contributed by atoms with Gasteiger partial charge in [0.1, 0.15) is 5.82 Å². The number of aryl methyl sites for hydroxylation is 1. The van der Waals surface area contributed by atoms with Gasteiger partial charge in [-0.05, 0) is 55.9 Å². The van der Waals surface area contributed by atoms with Crippen molar-refractivity contribution < 1.29 is 9.18 Å². The number of H-pyrrole nitrogens is 1. The molecule has 2 saturated heterocycles. The molecule has 3 heterocycles. The molecular formula is C26H29FN4O. The smallest absolute Gasteiger partial charge is 0.254 e. The van der Waals surface area contributed by atoms with Crippen molar-refractivity contribution in [3.63, 3.8) is 0 Å². The number of halogens is 1. The second-order valence-corrected chi connectivity index (χ2v) is 9.02. The summed E-state index contributed by atoms with van der Waals surface area (Å²) in [5, 5.41) is 0. The van der Waals surface area contributed by atoms with E-state index in [1.165, 1.54) is 6.07 Å². The van der Waals surface area contributed by atoms with Crippen LogP contribution in [-0.2, 0) is 6.54 Å². The van der Waals surface area contributed by atoms with Crippen LogP contribution in [0.3, 0.4) is 0 Å². The van der Waals surface area contributed by atoms with Crippen molar-refractivity contribution >= 4 is 5.91 Å². The zero-order chi connectivity index (χ0) is 22.1. The minimum Gasteiger partial charge on any atom is -0.348 e. The minimum atomic E-state index is -0.248. The molecule has 5 rings (SSSR count). The maximum Gasteiger partial charge on any atom is 0.254 e. The third kappa shape index (κ3) is 4.07. The van der Waals surface area contributed by atoms with Crippen LogP contribution in [0.4, 0.5) is 4.39 Å². The van der Waals surface area contributed by atoms with Gasteiger partial charge in [-0.1, -0.05) is 30.3 Å². The maximum absolute atomic E-state index is 14.1. The second-order valence-electron chi connectivity index (χ2n) is 9.02. The number of rotatable bonds is 4. The molecule has 2 aromatic carbocycles. The van der Waals surface area contributed by atoms with Crippen molar-refractivity contribution in [2.45, 2.75) is 38.8 Å². The number of imidazole rings is 1. The lowest BCUT2D eigenvalue weighted by atomic mass is 9.83. The quantitative estimate of drug-likeness (QED) is 0.653. The van der Waals surface area contributed by atoms with E-state index in [4.69, 9.17) is 0 Å². The molecule has 5 nitrogen and oxygen atoms in total. The van der Waals surface area contributed by atoms with Crippen molar-refractivity contribution in [2.75, 3.05) is 19.6 Å². The van der Waals surface area contributed by atoms with Crippen LogP contribution >= 0.6 is 0 Å². The number of fused-ring (bicyclic) bond motifs is 1. The number of benzene rings is 2. The standard InChI is InChI=1S/C26H29FN4O/c1-18-24(29-17-28-18)16-30-14-12-25-21(15-30)5-4-13-31(25)26(32)20-10-8-19(9-11-20)22-6-2-3-7-23(22)27/h2-3,6-11,17,21,25H,4-5,12-16H2,1H3,(H,28,29)/t21-,25+/m0/s1. The Labute approximate surface area is 188 Å². The van der Waals surface area contributed by atoms with Gasteiger partial charge in [-0.3, -0.25) is 9.69 Å². The van der Waals surface area contributed by atoms with Crippen LogP contribution in [0.1, 0.15) is 41.0 Å². The molecule has 1 amide bonds. The number of aromatic nitrogens is 2. The average molecular weight is 433 g/mol.